The first kappa shape index (κ1) is 27.8. The van der Waals surface area contributed by atoms with Crippen molar-refractivity contribution in [2.75, 3.05) is 38.9 Å². The molecule has 1 heterocycles. The van der Waals surface area contributed by atoms with Gasteiger partial charge in [0.05, 0.1) is 37.7 Å². The highest BCUT2D eigenvalue weighted by Crippen LogP contribution is 2.40. The molecule has 0 unspecified atom stereocenters. The Kier molecular flexibility index (Phi) is 8.29. The standard InChI is InChI=1S/C28H30FN3O6S/c1-18-27(22-7-5-6-8-23(22)32(18)17-19-9-11-20(29)12-10-19)39(34,35)14-13-30-28(33)31-21-15-24(36-2)26(38-4)25(16-21)37-3/h5-12,15-16H,13-14,17H2,1-4H3,(H2,30,31,33). The van der Waals surface area contributed by atoms with E-state index in [1.165, 1.54) is 33.5 Å². The van der Waals surface area contributed by atoms with E-state index in [1.807, 2.05) is 16.7 Å². The molecule has 0 aliphatic carbocycles. The van der Waals surface area contributed by atoms with Crippen molar-refractivity contribution in [3.63, 3.8) is 0 Å². The van der Waals surface area contributed by atoms with Gasteiger partial charge in [-0.25, -0.2) is 17.6 Å². The Morgan fingerprint density at radius 2 is 1.59 bits per heavy atom. The third kappa shape index (κ3) is 5.93. The number of amides is 2. The Morgan fingerprint density at radius 3 is 2.21 bits per heavy atom. The smallest absolute Gasteiger partial charge is 0.319 e. The highest BCUT2D eigenvalue weighted by atomic mass is 32.2. The zero-order valence-corrected chi connectivity index (χ0v) is 22.9. The number of anilines is 1. The first-order valence-corrected chi connectivity index (χ1v) is 13.7. The molecule has 0 fully saturated rings. The van der Waals surface area contributed by atoms with Gasteiger partial charge in [0.2, 0.25) is 5.75 Å². The maximum Gasteiger partial charge on any atom is 0.319 e. The Morgan fingerprint density at radius 1 is 0.949 bits per heavy atom. The molecule has 0 aliphatic rings. The number of sulfone groups is 1. The van der Waals surface area contributed by atoms with Crippen molar-refractivity contribution in [1.82, 2.24) is 9.88 Å². The average Bonchev–Trinajstić information content (AvgIpc) is 3.20. The van der Waals surface area contributed by atoms with Crippen LogP contribution in [0.15, 0.2) is 65.6 Å². The zero-order valence-electron chi connectivity index (χ0n) is 22.1. The van der Waals surface area contributed by atoms with Gasteiger partial charge in [0.1, 0.15) is 5.82 Å². The number of hydrogen-bond acceptors (Lipinski definition) is 6. The van der Waals surface area contributed by atoms with E-state index >= 15 is 0 Å². The lowest BCUT2D eigenvalue weighted by Crippen LogP contribution is -2.33. The molecule has 0 aliphatic heterocycles. The van der Waals surface area contributed by atoms with Gasteiger partial charge < -0.3 is 29.4 Å². The number of halogens is 1. The lowest BCUT2D eigenvalue weighted by atomic mass is 10.2. The molecule has 4 aromatic rings. The Balaban J connectivity index is 1.50. The number of methoxy groups -OCH3 is 3. The van der Waals surface area contributed by atoms with E-state index in [-0.39, 0.29) is 23.0 Å². The number of carbonyl (C=O) groups excluding carboxylic acids is 1. The van der Waals surface area contributed by atoms with E-state index in [0.29, 0.717) is 40.6 Å². The summed E-state index contributed by atoms with van der Waals surface area (Å²) in [6, 6.07) is 15.9. The van der Waals surface area contributed by atoms with Crippen LogP contribution in [0.2, 0.25) is 0 Å². The van der Waals surface area contributed by atoms with Gasteiger partial charge in [-0.15, -0.1) is 0 Å². The first-order chi connectivity index (χ1) is 18.7. The minimum absolute atomic E-state index is 0.116. The number of benzene rings is 3. The van der Waals surface area contributed by atoms with Gasteiger partial charge in [0.15, 0.2) is 21.3 Å². The van der Waals surface area contributed by atoms with Crippen LogP contribution in [0, 0.1) is 12.7 Å². The maximum atomic E-state index is 13.5. The van der Waals surface area contributed by atoms with Crippen molar-refractivity contribution in [3.05, 3.63) is 77.7 Å². The van der Waals surface area contributed by atoms with Crippen LogP contribution in [-0.4, -0.2) is 52.6 Å². The summed E-state index contributed by atoms with van der Waals surface area (Å²) in [5.74, 6) is 0.467. The second-order valence-corrected chi connectivity index (χ2v) is 10.8. The fourth-order valence-corrected chi connectivity index (χ4v) is 6.14. The first-order valence-electron chi connectivity index (χ1n) is 12.1. The van der Waals surface area contributed by atoms with Gasteiger partial charge in [-0.2, -0.15) is 0 Å². The molecule has 2 N–H and O–H groups in total. The molecule has 3 aromatic carbocycles. The summed E-state index contributed by atoms with van der Waals surface area (Å²) in [6.07, 6.45) is 0. The Labute approximate surface area is 226 Å². The summed E-state index contributed by atoms with van der Waals surface area (Å²) in [5, 5.41) is 5.85. The van der Waals surface area contributed by atoms with Crippen LogP contribution < -0.4 is 24.8 Å². The molecule has 0 saturated carbocycles. The lowest BCUT2D eigenvalue weighted by molar-refractivity contribution is 0.252. The van der Waals surface area contributed by atoms with Gasteiger partial charge in [-0.05, 0) is 30.7 Å². The number of nitrogens with zero attached hydrogens (tertiary/aromatic N) is 1. The van der Waals surface area contributed by atoms with Crippen LogP contribution in [-0.2, 0) is 16.4 Å². The van der Waals surface area contributed by atoms with Crippen molar-refractivity contribution < 1.29 is 31.8 Å². The van der Waals surface area contributed by atoms with E-state index in [0.717, 1.165) is 11.1 Å². The fraction of sp³-hybridized carbons (Fsp3) is 0.250. The number of carbonyl (C=O) groups is 1. The molecule has 4 rings (SSSR count). The minimum atomic E-state index is -3.77. The number of para-hydroxylation sites is 1. The van der Waals surface area contributed by atoms with E-state index in [4.69, 9.17) is 14.2 Å². The number of fused-ring (bicyclic) bond motifs is 1. The van der Waals surface area contributed by atoms with Crippen molar-refractivity contribution in [2.45, 2.75) is 18.4 Å². The third-order valence-electron chi connectivity index (χ3n) is 6.32. The van der Waals surface area contributed by atoms with Crippen LogP contribution in [0.3, 0.4) is 0 Å². The molecule has 206 valence electrons. The maximum absolute atomic E-state index is 13.5. The predicted molar refractivity (Wildman–Crippen MR) is 147 cm³/mol. The molecule has 11 heteroatoms. The summed E-state index contributed by atoms with van der Waals surface area (Å²) in [4.78, 5) is 12.8. The summed E-state index contributed by atoms with van der Waals surface area (Å²) in [7, 11) is 0.626. The number of nitrogens with one attached hydrogen (secondary N) is 2. The van der Waals surface area contributed by atoms with E-state index in [1.54, 1.807) is 43.3 Å². The Hall–Kier alpha value is -4.25. The lowest BCUT2D eigenvalue weighted by Gasteiger charge is -2.15. The molecule has 1 aromatic heterocycles. The largest absolute Gasteiger partial charge is 0.493 e. The minimum Gasteiger partial charge on any atom is -0.493 e. The van der Waals surface area contributed by atoms with Gasteiger partial charge in [0.25, 0.3) is 0 Å². The van der Waals surface area contributed by atoms with Crippen molar-refractivity contribution >= 4 is 32.5 Å². The molecule has 9 nitrogen and oxygen atoms in total. The summed E-state index contributed by atoms with van der Waals surface area (Å²) in [6.45, 7) is 2.02. The Bertz CT molecular complexity index is 1570. The fourth-order valence-electron chi connectivity index (χ4n) is 4.50. The van der Waals surface area contributed by atoms with Crippen LogP contribution in [0.25, 0.3) is 10.9 Å². The summed E-state index contributed by atoms with van der Waals surface area (Å²) in [5.41, 5.74) is 2.55. The van der Waals surface area contributed by atoms with Crippen molar-refractivity contribution in [3.8, 4) is 17.2 Å². The monoisotopic (exact) mass is 555 g/mol. The normalized spacial score (nSPS) is 11.3. The van der Waals surface area contributed by atoms with Crippen LogP contribution >= 0.6 is 0 Å². The van der Waals surface area contributed by atoms with Gasteiger partial charge in [-0.3, -0.25) is 0 Å². The molecule has 39 heavy (non-hydrogen) atoms. The number of hydrogen-bond donors (Lipinski definition) is 2. The molecular formula is C28H30FN3O6S. The topological polar surface area (TPSA) is 108 Å². The van der Waals surface area contributed by atoms with E-state index < -0.39 is 15.9 Å². The quantitative estimate of drug-likeness (QED) is 0.292. The second kappa shape index (κ2) is 11.6. The molecule has 0 radical (unpaired) electrons. The van der Waals surface area contributed by atoms with Gasteiger partial charge in [-0.1, -0.05) is 30.3 Å². The molecular weight excluding hydrogens is 525 g/mol. The van der Waals surface area contributed by atoms with Crippen molar-refractivity contribution in [2.24, 2.45) is 0 Å². The number of ether oxygens (including phenoxy) is 3. The molecule has 0 atom stereocenters. The predicted octanol–water partition coefficient (Wildman–Crippen LogP) is 4.76. The molecule has 2 amide bonds. The van der Waals surface area contributed by atoms with Gasteiger partial charge >= 0.3 is 6.03 Å². The highest BCUT2D eigenvalue weighted by molar-refractivity contribution is 7.91. The third-order valence-corrected chi connectivity index (χ3v) is 8.20. The van der Waals surface area contributed by atoms with Crippen LogP contribution in [0.5, 0.6) is 17.2 Å². The van der Waals surface area contributed by atoms with E-state index in [2.05, 4.69) is 10.6 Å². The van der Waals surface area contributed by atoms with Crippen LogP contribution in [0.4, 0.5) is 14.9 Å². The molecule has 0 bridgehead atoms. The van der Waals surface area contributed by atoms with E-state index in [9.17, 15) is 17.6 Å². The van der Waals surface area contributed by atoms with Crippen molar-refractivity contribution in [1.29, 1.82) is 0 Å². The zero-order chi connectivity index (χ0) is 28.2. The number of urea groups is 1. The molecule has 0 spiro atoms. The van der Waals surface area contributed by atoms with Gasteiger partial charge in [0, 0.05) is 41.8 Å². The SMILES string of the molecule is COc1cc(NC(=O)NCCS(=O)(=O)c2c(C)n(Cc3ccc(F)cc3)c3ccccc23)cc(OC)c1OC. The summed E-state index contributed by atoms with van der Waals surface area (Å²) < 4.78 is 58.1. The summed E-state index contributed by atoms with van der Waals surface area (Å²) >= 11 is 0. The number of rotatable bonds is 10. The highest BCUT2D eigenvalue weighted by Gasteiger charge is 2.25. The number of aromatic nitrogens is 1. The molecule has 0 saturated heterocycles. The second-order valence-electron chi connectivity index (χ2n) is 8.76. The van der Waals surface area contributed by atoms with Crippen LogP contribution in [0.1, 0.15) is 11.3 Å². The average molecular weight is 556 g/mol.